The van der Waals surface area contributed by atoms with E-state index in [-0.39, 0.29) is 23.1 Å². The van der Waals surface area contributed by atoms with Crippen LogP contribution in [0.4, 0.5) is 20.2 Å². The lowest BCUT2D eigenvalue weighted by Crippen LogP contribution is -2.26. The molecule has 10 heteroatoms. The first-order valence-electron chi connectivity index (χ1n) is 6.50. The Balaban J connectivity index is 2.01. The Labute approximate surface area is 140 Å². The van der Waals surface area contributed by atoms with Crippen LogP contribution in [-0.2, 0) is 14.8 Å². The lowest BCUT2D eigenvalue weighted by atomic mass is 10.2. The molecule has 0 unspecified atom stereocenters. The number of carbonyl (C=O) groups is 1. The van der Waals surface area contributed by atoms with Gasteiger partial charge in [-0.1, -0.05) is 11.6 Å². The summed E-state index contributed by atoms with van der Waals surface area (Å²) in [5.74, 6) is -2.07. The number of rotatable bonds is 3. The smallest absolute Gasteiger partial charge is 0.263 e. The molecule has 3 rings (SSSR count). The fourth-order valence-corrected chi connectivity index (χ4v) is 3.66. The van der Waals surface area contributed by atoms with Gasteiger partial charge in [0.1, 0.15) is 22.3 Å². The molecule has 2 aromatic carbocycles. The van der Waals surface area contributed by atoms with Gasteiger partial charge in [-0.05, 0) is 18.2 Å². The fourth-order valence-electron chi connectivity index (χ4n) is 2.06. The lowest BCUT2D eigenvalue weighted by Gasteiger charge is -2.19. The normalized spacial score (nSPS) is 13.7. The maximum absolute atomic E-state index is 13.6. The Hall–Kier alpha value is -2.39. The second kappa shape index (κ2) is 5.91. The van der Waals surface area contributed by atoms with Crippen molar-refractivity contribution in [3.63, 3.8) is 0 Å². The van der Waals surface area contributed by atoms with Gasteiger partial charge in [-0.15, -0.1) is 0 Å². The van der Waals surface area contributed by atoms with Crippen LogP contribution in [0.2, 0.25) is 5.02 Å². The van der Waals surface area contributed by atoms with Crippen LogP contribution < -0.4 is 14.8 Å². The first-order chi connectivity index (χ1) is 11.3. The molecule has 126 valence electrons. The molecule has 0 saturated carbocycles. The van der Waals surface area contributed by atoms with E-state index in [1.165, 1.54) is 6.07 Å². The van der Waals surface area contributed by atoms with E-state index >= 15 is 0 Å². The van der Waals surface area contributed by atoms with Crippen LogP contribution in [-0.4, -0.2) is 20.9 Å². The number of fused-ring (bicyclic) bond motifs is 1. The molecule has 1 heterocycles. The highest BCUT2D eigenvalue weighted by molar-refractivity contribution is 7.92. The minimum atomic E-state index is -4.31. The second-order valence-electron chi connectivity index (χ2n) is 4.85. The molecule has 1 aliphatic rings. The molecule has 0 fully saturated rings. The van der Waals surface area contributed by atoms with Gasteiger partial charge in [0, 0.05) is 12.1 Å². The SMILES string of the molecule is O=C1COc2cc(S(=O)(=O)Nc3cc(F)ccc3F)c(Cl)cc2N1. The third-order valence-corrected chi connectivity index (χ3v) is 4.96. The first-order valence-corrected chi connectivity index (χ1v) is 8.36. The number of halogens is 3. The number of amides is 1. The monoisotopic (exact) mass is 374 g/mol. The number of benzene rings is 2. The third-order valence-electron chi connectivity index (χ3n) is 3.13. The van der Waals surface area contributed by atoms with Gasteiger partial charge in [0.2, 0.25) is 0 Å². The van der Waals surface area contributed by atoms with E-state index in [1.54, 1.807) is 0 Å². The molecule has 0 radical (unpaired) electrons. The number of hydrogen-bond acceptors (Lipinski definition) is 4. The number of anilines is 2. The molecule has 0 aliphatic carbocycles. The van der Waals surface area contributed by atoms with Crippen molar-refractivity contribution in [2.24, 2.45) is 0 Å². The molecule has 24 heavy (non-hydrogen) atoms. The van der Waals surface area contributed by atoms with Crippen LogP contribution in [0, 0.1) is 11.6 Å². The molecular formula is C14H9ClF2N2O4S. The largest absolute Gasteiger partial charge is 0.482 e. The van der Waals surface area contributed by atoms with Gasteiger partial charge in [-0.25, -0.2) is 17.2 Å². The van der Waals surface area contributed by atoms with E-state index in [1.807, 2.05) is 4.72 Å². The van der Waals surface area contributed by atoms with Crippen molar-refractivity contribution < 1.29 is 26.7 Å². The number of ether oxygens (including phenoxy) is 1. The van der Waals surface area contributed by atoms with E-state index in [2.05, 4.69) is 5.32 Å². The Kier molecular flexibility index (Phi) is 4.06. The molecule has 0 bridgehead atoms. The van der Waals surface area contributed by atoms with Gasteiger partial charge < -0.3 is 10.1 Å². The zero-order chi connectivity index (χ0) is 17.5. The van der Waals surface area contributed by atoms with Crippen LogP contribution in [0.3, 0.4) is 0 Å². The van der Waals surface area contributed by atoms with Gasteiger partial charge in [0.25, 0.3) is 15.9 Å². The van der Waals surface area contributed by atoms with E-state index < -0.39 is 38.1 Å². The summed E-state index contributed by atoms with van der Waals surface area (Å²) in [6, 6.07) is 4.65. The number of carbonyl (C=O) groups excluding carboxylic acids is 1. The zero-order valence-corrected chi connectivity index (χ0v) is 13.3. The molecule has 2 N–H and O–H groups in total. The van der Waals surface area contributed by atoms with Crippen molar-refractivity contribution in [2.75, 3.05) is 16.6 Å². The predicted octanol–water partition coefficient (Wildman–Crippen LogP) is 2.75. The van der Waals surface area contributed by atoms with Crippen LogP contribution in [0.25, 0.3) is 0 Å². The quantitative estimate of drug-likeness (QED) is 0.865. The topological polar surface area (TPSA) is 84.5 Å². The average Bonchev–Trinajstić information content (AvgIpc) is 2.49. The average molecular weight is 375 g/mol. The summed E-state index contributed by atoms with van der Waals surface area (Å²) in [5.41, 5.74) is -0.342. The highest BCUT2D eigenvalue weighted by atomic mass is 35.5. The van der Waals surface area contributed by atoms with Crippen molar-refractivity contribution in [1.29, 1.82) is 0 Å². The van der Waals surface area contributed by atoms with Crippen molar-refractivity contribution in [3.8, 4) is 5.75 Å². The van der Waals surface area contributed by atoms with Gasteiger partial charge in [-0.2, -0.15) is 0 Å². The van der Waals surface area contributed by atoms with Gasteiger partial charge >= 0.3 is 0 Å². The number of sulfonamides is 1. The summed E-state index contributed by atoms with van der Waals surface area (Å²) in [4.78, 5) is 10.8. The van der Waals surface area contributed by atoms with Crippen molar-refractivity contribution in [1.82, 2.24) is 0 Å². The molecule has 1 amide bonds. The molecule has 1 aliphatic heterocycles. The van der Waals surface area contributed by atoms with Crippen molar-refractivity contribution in [3.05, 3.63) is 47.0 Å². The van der Waals surface area contributed by atoms with Crippen molar-refractivity contribution in [2.45, 2.75) is 4.90 Å². The van der Waals surface area contributed by atoms with Crippen LogP contribution in [0.1, 0.15) is 0 Å². The number of nitrogens with one attached hydrogen (secondary N) is 2. The zero-order valence-electron chi connectivity index (χ0n) is 11.8. The summed E-state index contributed by atoms with van der Waals surface area (Å²) in [6.07, 6.45) is 0. The molecule has 0 aromatic heterocycles. The molecule has 6 nitrogen and oxygen atoms in total. The number of hydrogen-bond donors (Lipinski definition) is 2. The van der Waals surface area contributed by atoms with Crippen LogP contribution >= 0.6 is 11.6 Å². The third kappa shape index (κ3) is 3.13. The summed E-state index contributed by atoms with van der Waals surface area (Å²) >= 11 is 5.94. The Bertz CT molecular complexity index is 950. The second-order valence-corrected chi connectivity index (χ2v) is 6.90. The van der Waals surface area contributed by atoms with E-state index in [9.17, 15) is 22.0 Å². The summed E-state index contributed by atoms with van der Waals surface area (Å²) in [7, 11) is -4.31. The Morgan fingerprint density at radius 2 is 1.96 bits per heavy atom. The van der Waals surface area contributed by atoms with E-state index in [4.69, 9.17) is 16.3 Å². The molecule has 0 atom stereocenters. The Morgan fingerprint density at radius 3 is 2.71 bits per heavy atom. The van der Waals surface area contributed by atoms with Gasteiger partial charge in [-0.3, -0.25) is 9.52 Å². The van der Waals surface area contributed by atoms with Gasteiger partial charge in [0.05, 0.1) is 16.4 Å². The highest BCUT2D eigenvalue weighted by Gasteiger charge is 2.25. The maximum atomic E-state index is 13.6. The van der Waals surface area contributed by atoms with E-state index in [0.717, 1.165) is 18.2 Å². The summed E-state index contributed by atoms with van der Waals surface area (Å²) in [5, 5.41) is 2.25. The fraction of sp³-hybridized carbons (Fsp3) is 0.0714. The molecule has 0 spiro atoms. The van der Waals surface area contributed by atoms with Crippen molar-refractivity contribution >= 4 is 38.9 Å². The Morgan fingerprint density at radius 1 is 1.21 bits per heavy atom. The lowest BCUT2D eigenvalue weighted by molar-refractivity contribution is -0.118. The summed E-state index contributed by atoms with van der Waals surface area (Å²) < 4.78 is 58.7. The molecular weight excluding hydrogens is 366 g/mol. The van der Waals surface area contributed by atoms with E-state index in [0.29, 0.717) is 6.07 Å². The predicted molar refractivity (Wildman–Crippen MR) is 82.7 cm³/mol. The van der Waals surface area contributed by atoms with Crippen LogP contribution in [0.15, 0.2) is 35.2 Å². The minimum Gasteiger partial charge on any atom is -0.482 e. The molecule has 0 saturated heterocycles. The highest BCUT2D eigenvalue weighted by Crippen LogP contribution is 2.36. The standard InChI is InChI=1S/C14H9ClF2N2O4S/c15-8-4-11-12(23-6-14(20)18-11)5-13(8)24(21,22)19-10-3-7(16)1-2-9(10)17/h1-5,19H,6H2,(H,18,20). The van der Waals surface area contributed by atoms with Crippen LogP contribution in [0.5, 0.6) is 5.75 Å². The summed E-state index contributed by atoms with van der Waals surface area (Å²) in [6.45, 7) is -0.278. The molecule has 2 aromatic rings. The first kappa shape index (κ1) is 16.5. The maximum Gasteiger partial charge on any atom is 0.263 e. The minimum absolute atomic E-state index is 0.0964. The van der Waals surface area contributed by atoms with Gasteiger partial charge in [0.15, 0.2) is 6.61 Å².